The van der Waals surface area contributed by atoms with Gasteiger partial charge in [-0.15, -0.1) is 0 Å². The molecule has 92 valence electrons. The number of halogens is 1. The van der Waals surface area contributed by atoms with E-state index >= 15 is 0 Å². The first-order valence-corrected chi connectivity index (χ1v) is 6.92. The van der Waals surface area contributed by atoms with Crippen LogP contribution in [0.3, 0.4) is 0 Å². The van der Waals surface area contributed by atoms with E-state index in [0.717, 1.165) is 15.1 Å². The van der Waals surface area contributed by atoms with E-state index in [2.05, 4.69) is 15.9 Å². The Morgan fingerprint density at radius 1 is 1.11 bits per heavy atom. The van der Waals surface area contributed by atoms with Crippen LogP contribution in [-0.4, -0.2) is 12.2 Å². The number of thioether (sulfide) groups is 1. The molecule has 4 heteroatoms. The van der Waals surface area contributed by atoms with Crippen LogP contribution in [0.5, 0.6) is 5.75 Å². The van der Waals surface area contributed by atoms with Crippen molar-refractivity contribution in [3.8, 4) is 5.75 Å². The number of benzene rings is 2. The maximum absolute atomic E-state index is 12.1. The second-order valence-corrected chi connectivity index (χ2v) is 5.42. The van der Waals surface area contributed by atoms with Crippen LogP contribution in [0.15, 0.2) is 57.9 Å². The number of hydrogen-bond acceptors (Lipinski definition) is 3. The second-order valence-electron chi connectivity index (χ2n) is 3.55. The summed E-state index contributed by atoms with van der Waals surface area (Å²) in [5, 5.41) is 0.0181. The van der Waals surface area contributed by atoms with Gasteiger partial charge < -0.3 is 4.74 Å². The van der Waals surface area contributed by atoms with Gasteiger partial charge in [0.1, 0.15) is 5.75 Å². The molecule has 0 aliphatic heterocycles. The summed E-state index contributed by atoms with van der Waals surface area (Å²) in [7, 11) is 1.60. The van der Waals surface area contributed by atoms with Gasteiger partial charge in [-0.3, -0.25) is 4.79 Å². The Morgan fingerprint density at radius 2 is 1.78 bits per heavy atom. The summed E-state index contributed by atoms with van der Waals surface area (Å²) in [6.45, 7) is 0. The molecule has 0 heterocycles. The van der Waals surface area contributed by atoms with Crippen LogP contribution in [-0.2, 0) is 0 Å². The largest absolute Gasteiger partial charge is 0.497 e. The molecule has 0 aliphatic rings. The summed E-state index contributed by atoms with van der Waals surface area (Å²) in [5.41, 5.74) is 0.663. The van der Waals surface area contributed by atoms with E-state index in [0.29, 0.717) is 5.56 Å². The first kappa shape index (κ1) is 13.2. The third-order valence-corrected chi connectivity index (χ3v) is 4.32. The zero-order valence-corrected chi connectivity index (χ0v) is 12.1. The molecular weight excluding hydrogens is 312 g/mol. The van der Waals surface area contributed by atoms with Crippen LogP contribution in [0, 0.1) is 0 Å². The van der Waals surface area contributed by atoms with E-state index < -0.39 is 0 Å². The number of rotatable bonds is 3. The van der Waals surface area contributed by atoms with Crippen molar-refractivity contribution in [2.45, 2.75) is 4.90 Å². The highest BCUT2D eigenvalue weighted by molar-refractivity contribution is 9.10. The Kier molecular flexibility index (Phi) is 4.44. The Bertz CT molecular complexity index is 552. The van der Waals surface area contributed by atoms with Crippen LogP contribution >= 0.6 is 27.7 Å². The summed E-state index contributed by atoms with van der Waals surface area (Å²) >= 11 is 4.64. The van der Waals surface area contributed by atoms with Crippen LogP contribution < -0.4 is 4.74 Å². The molecule has 0 spiro atoms. The Hall–Kier alpha value is -1.26. The van der Waals surface area contributed by atoms with Crippen LogP contribution in [0.2, 0.25) is 0 Å². The first-order chi connectivity index (χ1) is 8.70. The van der Waals surface area contributed by atoms with Gasteiger partial charge in [0.05, 0.1) is 7.11 Å². The Balaban J connectivity index is 2.14. The highest BCUT2D eigenvalue weighted by Gasteiger charge is 2.10. The van der Waals surface area contributed by atoms with Gasteiger partial charge in [0.15, 0.2) is 0 Å². The highest BCUT2D eigenvalue weighted by atomic mass is 79.9. The molecule has 2 nitrogen and oxygen atoms in total. The van der Waals surface area contributed by atoms with Crippen molar-refractivity contribution in [3.05, 3.63) is 58.6 Å². The molecule has 0 fully saturated rings. The van der Waals surface area contributed by atoms with Gasteiger partial charge in [0.2, 0.25) is 5.12 Å². The molecule has 2 aromatic rings. The maximum atomic E-state index is 12.1. The van der Waals surface area contributed by atoms with E-state index in [4.69, 9.17) is 4.74 Å². The van der Waals surface area contributed by atoms with E-state index in [9.17, 15) is 4.79 Å². The molecule has 2 rings (SSSR count). The minimum atomic E-state index is 0.0181. The number of methoxy groups -OCH3 is 1. The van der Waals surface area contributed by atoms with Gasteiger partial charge in [-0.2, -0.15) is 0 Å². The number of hydrogen-bond donors (Lipinski definition) is 0. The smallest absolute Gasteiger partial charge is 0.224 e. The molecule has 0 unspecified atom stereocenters. The molecule has 0 saturated carbocycles. The maximum Gasteiger partial charge on any atom is 0.224 e. The summed E-state index contributed by atoms with van der Waals surface area (Å²) in [4.78, 5) is 13.0. The van der Waals surface area contributed by atoms with Gasteiger partial charge in [-0.05, 0) is 64.1 Å². The van der Waals surface area contributed by atoms with E-state index in [1.807, 2.05) is 24.3 Å². The van der Waals surface area contributed by atoms with Gasteiger partial charge in [0.25, 0.3) is 0 Å². The molecule has 0 radical (unpaired) electrons. The standard InChI is InChI=1S/C14H11BrO2S/c1-17-11-8-6-10(7-9-11)14(16)18-13-5-3-2-4-12(13)15/h2-9H,1H3. The minimum absolute atomic E-state index is 0.0181. The van der Waals surface area contributed by atoms with Crippen molar-refractivity contribution in [3.63, 3.8) is 0 Å². The van der Waals surface area contributed by atoms with E-state index in [1.54, 1.807) is 31.4 Å². The number of carbonyl (C=O) groups is 1. The van der Waals surface area contributed by atoms with Crippen molar-refractivity contribution in [1.82, 2.24) is 0 Å². The highest BCUT2D eigenvalue weighted by Crippen LogP contribution is 2.30. The first-order valence-electron chi connectivity index (χ1n) is 5.31. The van der Waals surface area contributed by atoms with Crippen molar-refractivity contribution >= 4 is 32.8 Å². The molecule has 18 heavy (non-hydrogen) atoms. The zero-order valence-electron chi connectivity index (χ0n) is 9.72. The molecule has 2 aromatic carbocycles. The fraction of sp³-hybridized carbons (Fsp3) is 0.0714. The van der Waals surface area contributed by atoms with Crippen molar-refractivity contribution in [1.29, 1.82) is 0 Å². The predicted octanol–water partition coefficient (Wildman–Crippen LogP) is 4.39. The Labute approximate surface area is 118 Å². The lowest BCUT2D eigenvalue weighted by molar-refractivity contribution is 0.108. The van der Waals surface area contributed by atoms with Crippen LogP contribution in [0.1, 0.15) is 10.4 Å². The monoisotopic (exact) mass is 322 g/mol. The van der Waals surface area contributed by atoms with E-state index in [-0.39, 0.29) is 5.12 Å². The normalized spacial score (nSPS) is 10.1. The molecule has 0 atom stereocenters. The summed E-state index contributed by atoms with van der Waals surface area (Å²) in [6, 6.07) is 14.8. The topological polar surface area (TPSA) is 26.3 Å². The lowest BCUT2D eigenvalue weighted by atomic mass is 10.2. The fourth-order valence-electron chi connectivity index (χ4n) is 1.41. The lowest BCUT2D eigenvalue weighted by Gasteiger charge is -2.04. The molecule has 0 amide bonds. The third-order valence-electron chi connectivity index (χ3n) is 2.37. The second kappa shape index (κ2) is 6.07. The van der Waals surface area contributed by atoms with Gasteiger partial charge in [-0.1, -0.05) is 12.1 Å². The summed E-state index contributed by atoms with van der Waals surface area (Å²) in [6.07, 6.45) is 0. The SMILES string of the molecule is COc1ccc(C(=O)Sc2ccccc2Br)cc1. The van der Waals surface area contributed by atoms with Crippen LogP contribution in [0.25, 0.3) is 0 Å². The van der Waals surface area contributed by atoms with Crippen molar-refractivity contribution in [2.75, 3.05) is 7.11 Å². The molecule has 0 bridgehead atoms. The van der Waals surface area contributed by atoms with Gasteiger partial charge in [0, 0.05) is 14.9 Å². The predicted molar refractivity (Wildman–Crippen MR) is 77.3 cm³/mol. The zero-order chi connectivity index (χ0) is 13.0. The van der Waals surface area contributed by atoms with Gasteiger partial charge >= 0.3 is 0 Å². The van der Waals surface area contributed by atoms with Crippen molar-refractivity contribution < 1.29 is 9.53 Å². The summed E-state index contributed by atoms with van der Waals surface area (Å²) < 4.78 is 5.99. The fourth-order valence-corrected chi connectivity index (χ4v) is 2.71. The molecule has 0 N–H and O–H groups in total. The molecule has 0 aromatic heterocycles. The van der Waals surface area contributed by atoms with Crippen molar-refractivity contribution in [2.24, 2.45) is 0 Å². The quantitative estimate of drug-likeness (QED) is 0.784. The average Bonchev–Trinajstić information content (AvgIpc) is 2.41. The molecule has 0 aliphatic carbocycles. The third kappa shape index (κ3) is 3.15. The number of ether oxygens (including phenoxy) is 1. The van der Waals surface area contributed by atoms with Crippen LogP contribution in [0.4, 0.5) is 0 Å². The van der Waals surface area contributed by atoms with Gasteiger partial charge in [-0.25, -0.2) is 0 Å². The molecule has 0 saturated heterocycles. The van der Waals surface area contributed by atoms with E-state index in [1.165, 1.54) is 11.8 Å². The minimum Gasteiger partial charge on any atom is -0.497 e. The average molecular weight is 323 g/mol. The molecular formula is C14H11BrO2S. The lowest BCUT2D eigenvalue weighted by Crippen LogP contribution is -1.93. The Morgan fingerprint density at radius 3 is 2.39 bits per heavy atom. The summed E-state index contributed by atoms with van der Waals surface area (Å²) in [5.74, 6) is 0.748. The number of carbonyl (C=O) groups excluding carboxylic acids is 1.